The maximum atomic E-state index is 13.5. The first-order chi connectivity index (χ1) is 22.1. The van der Waals surface area contributed by atoms with Gasteiger partial charge in [0.1, 0.15) is 36.0 Å². The summed E-state index contributed by atoms with van der Waals surface area (Å²) < 4.78 is 0. The number of aliphatic carboxylic acids is 1. The van der Waals surface area contributed by atoms with Crippen molar-refractivity contribution in [2.45, 2.75) is 82.8 Å². The van der Waals surface area contributed by atoms with Crippen LogP contribution in [0.2, 0.25) is 0 Å². The van der Waals surface area contributed by atoms with Crippen LogP contribution in [-0.2, 0) is 41.6 Å². The van der Waals surface area contributed by atoms with Gasteiger partial charge in [-0.2, -0.15) is 0 Å². The van der Waals surface area contributed by atoms with Crippen molar-refractivity contribution >= 4 is 35.5 Å². The first kappa shape index (κ1) is 38.2. The minimum Gasteiger partial charge on any atom is -0.508 e. The SMILES string of the molecule is CC(C)C[C@H](NC(=O)[C@H](Cc1ccccc1)NC(=O)[C@H](CC(=O)O)NC(=O)[C@H](Cc1ccc(O)cc1)NC(=O)[C@@H](N)[C@@H](C)O)C(N)=O. The van der Waals surface area contributed by atoms with Crippen LogP contribution in [0.15, 0.2) is 54.6 Å². The molecule has 2 rings (SSSR count). The Morgan fingerprint density at radius 1 is 0.681 bits per heavy atom. The van der Waals surface area contributed by atoms with Gasteiger partial charge in [0, 0.05) is 12.8 Å². The Bertz CT molecular complexity index is 1390. The second kappa shape index (κ2) is 18.2. The minimum atomic E-state index is -1.71. The predicted octanol–water partition coefficient (Wildman–Crippen LogP) is -1.17. The molecule has 15 nitrogen and oxygen atoms in total. The highest BCUT2D eigenvalue weighted by molar-refractivity contribution is 5.97. The van der Waals surface area contributed by atoms with E-state index in [1.807, 2.05) is 13.8 Å². The monoisotopic (exact) mass is 656 g/mol. The standard InChI is InChI=1S/C32H44N6O9/c1-17(2)13-22(28(34)43)35-29(44)23(14-19-7-5-4-6-8-19)36-31(46)25(16-26(41)42)37-30(45)24(38-32(47)27(33)18(3)39)15-20-9-11-21(40)12-10-20/h4-12,17-18,22-25,27,39-40H,13-16,33H2,1-3H3,(H2,34,43)(H,35,44)(H,36,46)(H,37,45)(H,38,47)(H,41,42)/t18-,22+,23+,24+,25+,27+/m1/s1. The Hall–Kier alpha value is -5.02. The number of aliphatic hydroxyl groups is 1. The number of hydrogen-bond donors (Lipinski definition) is 9. The van der Waals surface area contributed by atoms with Crippen LogP contribution in [0.3, 0.4) is 0 Å². The van der Waals surface area contributed by atoms with Crippen LogP contribution in [0, 0.1) is 5.92 Å². The number of benzene rings is 2. The highest BCUT2D eigenvalue weighted by Gasteiger charge is 2.33. The summed E-state index contributed by atoms with van der Waals surface area (Å²) in [5, 5.41) is 38.7. The molecule has 2 aromatic carbocycles. The van der Waals surface area contributed by atoms with Gasteiger partial charge in [0.25, 0.3) is 0 Å². The molecule has 0 unspecified atom stereocenters. The molecule has 0 aliphatic carbocycles. The summed E-state index contributed by atoms with van der Waals surface area (Å²) in [5.74, 6) is -5.89. The van der Waals surface area contributed by atoms with Crippen LogP contribution in [0.5, 0.6) is 5.75 Å². The van der Waals surface area contributed by atoms with Crippen LogP contribution >= 0.6 is 0 Å². The lowest BCUT2D eigenvalue weighted by Gasteiger charge is -2.26. The molecule has 0 aliphatic rings. The maximum Gasteiger partial charge on any atom is 0.305 e. The van der Waals surface area contributed by atoms with E-state index < -0.39 is 78.2 Å². The minimum absolute atomic E-state index is 0.00437. The first-order valence-corrected chi connectivity index (χ1v) is 15.0. The van der Waals surface area contributed by atoms with Gasteiger partial charge in [0.05, 0.1) is 12.5 Å². The third-order valence-electron chi connectivity index (χ3n) is 7.13. The second-order valence-corrected chi connectivity index (χ2v) is 11.7. The zero-order valence-electron chi connectivity index (χ0n) is 26.5. The van der Waals surface area contributed by atoms with E-state index in [2.05, 4.69) is 21.3 Å². The van der Waals surface area contributed by atoms with Gasteiger partial charge >= 0.3 is 5.97 Å². The molecule has 0 aliphatic heterocycles. The number of rotatable bonds is 18. The zero-order valence-corrected chi connectivity index (χ0v) is 26.5. The summed E-state index contributed by atoms with van der Waals surface area (Å²) in [6.45, 7) is 4.95. The lowest BCUT2D eigenvalue weighted by molar-refractivity contribution is -0.141. The fourth-order valence-corrected chi connectivity index (χ4v) is 4.54. The van der Waals surface area contributed by atoms with Crippen molar-refractivity contribution < 1.29 is 44.1 Å². The lowest BCUT2D eigenvalue weighted by Crippen LogP contribution is -2.60. The number of nitrogens with two attached hydrogens (primary N) is 2. The number of phenols is 1. The number of carboxylic acids is 1. The molecule has 6 atom stereocenters. The Morgan fingerprint density at radius 2 is 1.13 bits per heavy atom. The molecule has 0 bridgehead atoms. The van der Waals surface area contributed by atoms with E-state index in [1.54, 1.807) is 30.3 Å². The normalized spacial score (nSPS) is 14.9. The molecule has 0 radical (unpaired) electrons. The van der Waals surface area contributed by atoms with Gasteiger partial charge in [-0.1, -0.05) is 56.3 Å². The summed E-state index contributed by atoms with van der Waals surface area (Å²) in [4.78, 5) is 76.9. The Morgan fingerprint density at radius 3 is 1.60 bits per heavy atom. The fraction of sp³-hybridized carbons (Fsp3) is 0.438. The molecule has 2 aromatic rings. The highest BCUT2D eigenvalue weighted by atomic mass is 16.4. The number of nitrogens with one attached hydrogen (secondary N) is 4. The van der Waals surface area contributed by atoms with Crippen LogP contribution < -0.4 is 32.7 Å². The number of carbonyl (C=O) groups is 6. The van der Waals surface area contributed by atoms with Crippen molar-refractivity contribution in [1.82, 2.24) is 21.3 Å². The average molecular weight is 657 g/mol. The van der Waals surface area contributed by atoms with E-state index in [0.29, 0.717) is 11.1 Å². The fourth-order valence-electron chi connectivity index (χ4n) is 4.54. The van der Waals surface area contributed by atoms with E-state index >= 15 is 0 Å². The van der Waals surface area contributed by atoms with Crippen molar-refractivity contribution in [2.75, 3.05) is 0 Å². The smallest absolute Gasteiger partial charge is 0.305 e. The molecule has 0 saturated heterocycles. The molecule has 0 fully saturated rings. The first-order valence-electron chi connectivity index (χ1n) is 15.0. The third-order valence-corrected chi connectivity index (χ3v) is 7.13. The summed E-state index contributed by atoms with van der Waals surface area (Å²) in [6.07, 6.45) is -2.12. The molecule has 0 aromatic heterocycles. The van der Waals surface area contributed by atoms with Gasteiger partial charge in [-0.15, -0.1) is 0 Å². The van der Waals surface area contributed by atoms with Crippen molar-refractivity contribution in [1.29, 1.82) is 0 Å². The zero-order chi connectivity index (χ0) is 35.3. The Kier molecular flexibility index (Phi) is 14.8. The van der Waals surface area contributed by atoms with Gasteiger partial charge in [0.15, 0.2) is 0 Å². The molecule has 256 valence electrons. The summed E-state index contributed by atoms with van der Waals surface area (Å²) in [7, 11) is 0. The summed E-state index contributed by atoms with van der Waals surface area (Å²) in [6, 6.07) is 7.45. The van der Waals surface area contributed by atoms with E-state index in [4.69, 9.17) is 11.5 Å². The van der Waals surface area contributed by atoms with Gasteiger partial charge in [-0.05, 0) is 42.5 Å². The van der Waals surface area contributed by atoms with Crippen molar-refractivity contribution in [2.24, 2.45) is 17.4 Å². The van der Waals surface area contributed by atoms with E-state index in [1.165, 1.54) is 31.2 Å². The van der Waals surface area contributed by atoms with Gasteiger partial charge in [-0.25, -0.2) is 0 Å². The van der Waals surface area contributed by atoms with Crippen molar-refractivity contribution in [3.63, 3.8) is 0 Å². The molecule has 5 amide bonds. The average Bonchev–Trinajstić information content (AvgIpc) is 3.00. The van der Waals surface area contributed by atoms with E-state index in [-0.39, 0.29) is 30.9 Å². The molecule has 15 heteroatoms. The van der Waals surface area contributed by atoms with Gasteiger partial charge in [-0.3, -0.25) is 28.8 Å². The highest BCUT2D eigenvalue weighted by Crippen LogP contribution is 2.13. The molecular formula is C32H44N6O9. The quantitative estimate of drug-likeness (QED) is 0.0928. The van der Waals surface area contributed by atoms with E-state index in [9.17, 15) is 44.1 Å². The Balaban J connectivity index is 2.36. The van der Waals surface area contributed by atoms with Gasteiger partial charge < -0.3 is 48.1 Å². The van der Waals surface area contributed by atoms with Crippen LogP contribution in [0.4, 0.5) is 0 Å². The number of amides is 5. The van der Waals surface area contributed by atoms with E-state index in [0.717, 1.165) is 0 Å². The number of aromatic hydroxyl groups is 1. The lowest BCUT2D eigenvalue weighted by atomic mass is 10.0. The van der Waals surface area contributed by atoms with Gasteiger partial charge in [0.2, 0.25) is 29.5 Å². The number of carboxylic acid groups (broad SMARTS) is 1. The molecule has 0 heterocycles. The summed E-state index contributed by atoms with van der Waals surface area (Å²) in [5.41, 5.74) is 12.3. The third kappa shape index (κ3) is 13.1. The van der Waals surface area contributed by atoms with Crippen molar-refractivity contribution in [3.05, 3.63) is 65.7 Å². The molecular weight excluding hydrogens is 612 g/mol. The molecule has 0 spiro atoms. The predicted molar refractivity (Wildman–Crippen MR) is 170 cm³/mol. The molecule has 47 heavy (non-hydrogen) atoms. The van der Waals surface area contributed by atoms with Crippen LogP contribution in [0.1, 0.15) is 44.7 Å². The number of primary amides is 1. The maximum absolute atomic E-state index is 13.5. The topological polar surface area (TPSA) is 263 Å². The van der Waals surface area contributed by atoms with Crippen LogP contribution in [0.25, 0.3) is 0 Å². The number of carbonyl (C=O) groups excluding carboxylic acids is 5. The molecule has 11 N–H and O–H groups in total. The largest absolute Gasteiger partial charge is 0.508 e. The number of hydrogen-bond acceptors (Lipinski definition) is 9. The summed E-state index contributed by atoms with van der Waals surface area (Å²) >= 11 is 0. The Labute approximate surface area is 272 Å². The van der Waals surface area contributed by atoms with Crippen molar-refractivity contribution in [3.8, 4) is 5.75 Å². The second-order valence-electron chi connectivity index (χ2n) is 11.7. The van der Waals surface area contributed by atoms with Crippen LogP contribution in [-0.4, -0.2) is 87.1 Å². The number of aliphatic hydroxyl groups excluding tert-OH is 1. The number of phenolic OH excluding ortho intramolecular Hbond substituents is 1. The molecule has 0 saturated carbocycles.